The van der Waals surface area contributed by atoms with Gasteiger partial charge in [0.2, 0.25) is 5.91 Å². The molecular weight excluding hydrogens is 240 g/mol. The third-order valence-corrected chi connectivity index (χ3v) is 2.78. The van der Waals surface area contributed by atoms with Gasteiger partial charge in [-0.1, -0.05) is 24.3 Å². The molecule has 0 bridgehead atoms. The van der Waals surface area contributed by atoms with Crippen molar-refractivity contribution in [3.05, 3.63) is 24.3 Å². The molecule has 0 heterocycles. The molecule has 5 nitrogen and oxygen atoms in total. The summed E-state index contributed by atoms with van der Waals surface area (Å²) < 4.78 is 0. The van der Waals surface area contributed by atoms with Gasteiger partial charge in [-0.25, -0.2) is 4.99 Å². The first-order chi connectivity index (χ1) is 8.99. The number of hydrogen-bond acceptors (Lipinski definition) is 2. The van der Waals surface area contributed by atoms with Crippen LogP contribution in [0.15, 0.2) is 29.3 Å². The highest BCUT2D eigenvalue weighted by Crippen LogP contribution is 2.08. The minimum absolute atomic E-state index is 0.0130. The van der Waals surface area contributed by atoms with Crippen LogP contribution in [-0.2, 0) is 4.79 Å². The van der Waals surface area contributed by atoms with Crippen LogP contribution in [0.1, 0.15) is 19.8 Å². The Kier molecular flexibility index (Phi) is 6.12. The molecule has 0 aromatic heterocycles. The summed E-state index contributed by atoms with van der Waals surface area (Å²) in [5.74, 6) is 0.660. The van der Waals surface area contributed by atoms with E-state index in [-0.39, 0.29) is 12.5 Å². The first kappa shape index (κ1) is 15.3. The lowest BCUT2D eigenvalue weighted by Gasteiger charge is -2.18. The first-order valence-electron chi connectivity index (χ1n) is 6.53. The van der Waals surface area contributed by atoms with Crippen LogP contribution in [0.4, 0.5) is 0 Å². The minimum Gasteiger partial charge on any atom is -0.353 e. The summed E-state index contributed by atoms with van der Waals surface area (Å²) in [6.45, 7) is 6.61. The Morgan fingerprint density at radius 3 is 2.58 bits per heavy atom. The van der Waals surface area contributed by atoms with E-state index < -0.39 is 0 Å². The number of aliphatic imine (C=N–C) groups is 1. The average molecular weight is 264 g/mol. The number of hydrogen-bond donors (Lipinski definition) is 2. The maximum absolute atomic E-state index is 11.6. The van der Waals surface area contributed by atoms with E-state index in [9.17, 15) is 4.79 Å². The third-order valence-electron chi connectivity index (χ3n) is 2.78. The van der Waals surface area contributed by atoms with Crippen LogP contribution in [0.2, 0.25) is 0 Å². The lowest BCUT2D eigenvalue weighted by atomic mass is 10.2. The van der Waals surface area contributed by atoms with Crippen LogP contribution in [0, 0.1) is 0 Å². The van der Waals surface area contributed by atoms with Gasteiger partial charge in [0.15, 0.2) is 5.96 Å². The third kappa shape index (κ3) is 6.08. The molecule has 0 radical (unpaired) electrons. The maximum Gasteiger partial charge on any atom is 0.243 e. The number of nitrogens with one attached hydrogen (secondary N) is 2. The van der Waals surface area contributed by atoms with Crippen LogP contribution < -0.4 is 10.6 Å². The number of guanidine groups is 1. The van der Waals surface area contributed by atoms with Crippen molar-refractivity contribution in [2.24, 2.45) is 4.99 Å². The molecule has 19 heavy (non-hydrogen) atoms. The van der Waals surface area contributed by atoms with Crippen molar-refractivity contribution in [2.45, 2.75) is 25.8 Å². The fourth-order valence-corrected chi connectivity index (χ4v) is 1.60. The van der Waals surface area contributed by atoms with Crippen LogP contribution in [0.3, 0.4) is 0 Å². The molecule has 0 fully saturated rings. The van der Waals surface area contributed by atoms with Crippen LogP contribution in [-0.4, -0.2) is 50.0 Å². The summed E-state index contributed by atoms with van der Waals surface area (Å²) in [4.78, 5) is 17.4. The predicted octanol–water partition coefficient (Wildman–Crippen LogP) is 0.905. The SMILES string of the molecule is C=C(C)CNC(=NCC(=O)N(C)C)NC1CC=CC1. The van der Waals surface area contributed by atoms with Gasteiger partial charge in [-0.15, -0.1) is 0 Å². The number of rotatable bonds is 5. The molecule has 2 N–H and O–H groups in total. The van der Waals surface area contributed by atoms with Gasteiger partial charge < -0.3 is 15.5 Å². The Hall–Kier alpha value is -1.78. The first-order valence-corrected chi connectivity index (χ1v) is 6.53. The molecule has 0 saturated heterocycles. The smallest absolute Gasteiger partial charge is 0.243 e. The summed E-state index contributed by atoms with van der Waals surface area (Å²) in [7, 11) is 3.46. The summed E-state index contributed by atoms with van der Waals surface area (Å²) in [5.41, 5.74) is 1.03. The van der Waals surface area contributed by atoms with Gasteiger partial charge in [0.05, 0.1) is 0 Å². The van der Waals surface area contributed by atoms with E-state index in [0.717, 1.165) is 18.4 Å². The number of nitrogens with zero attached hydrogens (tertiary/aromatic N) is 2. The zero-order valence-corrected chi connectivity index (χ0v) is 12.1. The van der Waals surface area contributed by atoms with Crippen molar-refractivity contribution in [1.29, 1.82) is 0 Å². The van der Waals surface area contributed by atoms with E-state index >= 15 is 0 Å². The zero-order valence-electron chi connectivity index (χ0n) is 12.1. The monoisotopic (exact) mass is 264 g/mol. The second-order valence-electron chi connectivity index (χ2n) is 5.05. The second-order valence-corrected chi connectivity index (χ2v) is 5.05. The topological polar surface area (TPSA) is 56.7 Å². The fourth-order valence-electron chi connectivity index (χ4n) is 1.60. The van der Waals surface area contributed by atoms with Crippen LogP contribution >= 0.6 is 0 Å². The van der Waals surface area contributed by atoms with Gasteiger partial charge in [0, 0.05) is 26.7 Å². The summed E-state index contributed by atoms with van der Waals surface area (Å²) >= 11 is 0. The maximum atomic E-state index is 11.6. The molecule has 0 aromatic rings. The van der Waals surface area contributed by atoms with E-state index in [2.05, 4.69) is 34.4 Å². The molecule has 106 valence electrons. The molecule has 5 heteroatoms. The predicted molar refractivity (Wildman–Crippen MR) is 79.1 cm³/mol. The molecular formula is C14H24N4O. The van der Waals surface area contributed by atoms with Crippen molar-refractivity contribution < 1.29 is 4.79 Å². The summed E-state index contributed by atoms with van der Waals surface area (Å²) in [5, 5.41) is 6.51. The van der Waals surface area contributed by atoms with Gasteiger partial charge in [0.25, 0.3) is 0 Å². The normalized spacial score (nSPS) is 15.4. The number of likely N-dealkylation sites (N-methyl/N-ethyl adjacent to an activating group) is 1. The molecule has 1 amide bonds. The Morgan fingerprint density at radius 2 is 2.05 bits per heavy atom. The molecule has 0 aromatic carbocycles. The Bertz CT molecular complexity index is 377. The number of carbonyl (C=O) groups excluding carboxylic acids is 1. The Morgan fingerprint density at radius 1 is 1.42 bits per heavy atom. The molecule has 1 aliphatic rings. The lowest BCUT2D eigenvalue weighted by molar-refractivity contribution is -0.127. The van der Waals surface area contributed by atoms with E-state index in [4.69, 9.17) is 0 Å². The lowest BCUT2D eigenvalue weighted by Crippen LogP contribution is -2.43. The molecule has 1 aliphatic carbocycles. The van der Waals surface area contributed by atoms with Gasteiger partial charge in [-0.3, -0.25) is 4.79 Å². The molecule has 0 aliphatic heterocycles. The standard InChI is InChI=1S/C14H24N4O/c1-11(2)9-15-14(16-10-13(19)18(3)4)17-12-7-5-6-8-12/h5-6,12H,1,7-10H2,2-4H3,(H2,15,16,17). The Labute approximate surface area is 115 Å². The molecule has 0 saturated carbocycles. The molecule has 1 rings (SSSR count). The minimum atomic E-state index is -0.0130. The Balaban J connectivity index is 2.53. The van der Waals surface area contributed by atoms with E-state index in [1.165, 1.54) is 4.90 Å². The highest BCUT2D eigenvalue weighted by molar-refractivity contribution is 5.85. The highest BCUT2D eigenvalue weighted by atomic mass is 16.2. The van der Waals surface area contributed by atoms with Gasteiger partial charge in [0.1, 0.15) is 6.54 Å². The van der Waals surface area contributed by atoms with E-state index in [1.807, 2.05) is 6.92 Å². The fraction of sp³-hybridized carbons (Fsp3) is 0.571. The molecule has 0 spiro atoms. The van der Waals surface area contributed by atoms with Crippen molar-refractivity contribution in [2.75, 3.05) is 27.2 Å². The van der Waals surface area contributed by atoms with Gasteiger partial charge in [-0.05, 0) is 19.8 Å². The van der Waals surface area contributed by atoms with E-state index in [0.29, 0.717) is 18.5 Å². The number of amides is 1. The van der Waals surface area contributed by atoms with Crippen molar-refractivity contribution in [3.8, 4) is 0 Å². The summed E-state index contributed by atoms with van der Waals surface area (Å²) in [6.07, 6.45) is 6.29. The van der Waals surface area contributed by atoms with Crippen molar-refractivity contribution in [3.63, 3.8) is 0 Å². The van der Waals surface area contributed by atoms with Crippen LogP contribution in [0.5, 0.6) is 0 Å². The van der Waals surface area contributed by atoms with Gasteiger partial charge in [-0.2, -0.15) is 0 Å². The average Bonchev–Trinajstić information content (AvgIpc) is 2.84. The van der Waals surface area contributed by atoms with Crippen LogP contribution in [0.25, 0.3) is 0 Å². The quantitative estimate of drug-likeness (QED) is 0.441. The van der Waals surface area contributed by atoms with Crippen molar-refractivity contribution >= 4 is 11.9 Å². The number of carbonyl (C=O) groups is 1. The van der Waals surface area contributed by atoms with Gasteiger partial charge >= 0.3 is 0 Å². The summed E-state index contributed by atoms with van der Waals surface area (Å²) in [6, 6.07) is 0.367. The highest BCUT2D eigenvalue weighted by Gasteiger charge is 2.12. The largest absolute Gasteiger partial charge is 0.353 e. The second kappa shape index (κ2) is 7.61. The molecule has 0 atom stereocenters. The van der Waals surface area contributed by atoms with Crippen molar-refractivity contribution in [1.82, 2.24) is 15.5 Å². The van der Waals surface area contributed by atoms with E-state index in [1.54, 1.807) is 14.1 Å². The molecule has 0 unspecified atom stereocenters. The zero-order chi connectivity index (χ0) is 14.3.